The molecule has 0 aromatic heterocycles. The molecule has 0 unspecified atom stereocenters. The van der Waals surface area contributed by atoms with Gasteiger partial charge in [0.15, 0.2) is 0 Å². The summed E-state index contributed by atoms with van der Waals surface area (Å²) in [6, 6.07) is 9.92. The van der Waals surface area contributed by atoms with E-state index in [2.05, 4.69) is 0 Å². The van der Waals surface area contributed by atoms with Crippen molar-refractivity contribution in [3.05, 3.63) is 35.9 Å². The van der Waals surface area contributed by atoms with Crippen LogP contribution in [-0.2, 0) is 25.5 Å². The number of primary amides is 1. The number of rotatable bonds is 10. The van der Waals surface area contributed by atoms with Gasteiger partial charge in [-0.05, 0) is 18.4 Å². The van der Waals surface area contributed by atoms with Crippen LogP contribution in [0.2, 0.25) is 0 Å². The highest BCUT2D eigenvalue weighted by atomic mass is 16.5. The van der Waals surface area contributed by atoms with Crippen molar-refractivity contribution in [3.63, 3.8) is 0 Å². The van der Waals surface area contributed by atoms with E-state index in [1.54, 1.807) is 0 Å². The largest absolute Gasteiger partial charge is 0.378 e. The summed E-state index contributed by atoms with van der Waals surface area (Å²) in [5.74, 6) is -0.241. The van der Waals surface area contributed by atoms with Crippen LogP contribution in [0.4, 0.5) is 0 Å². The Morgan fingerprint density at radius 3 is 2.52 bits per heavy atom. The van der Waals surface area contributed by atoms with E-state index in [-0.39, 0.29) is 11.8 Å². The highest BCUT2D eigenvalue weighted by Crippen LogP contribution is 2.12. The monoisotopic (exact) mass is 348 g/mol. The van der Waals surface area contributed by atoms with Crippen molar-refractivity contribution in [2.75, 3.05) is 32.9 Å². The standard InChI is InChI=1S/C19H28N2O4/c20-18(22)9-5-2-6-12-25-17(15-16-7-3-1-4-8-16)19(23)21-10-13-24-14-11-21/h1,3-4,7-8,17H,2,5-6,9-15H2,(H2,20,22)/t17-/m0/s1. The minimum Gasteiger partial charge on any atom is -0.378 e. The molecule has 1 aliphatic heterocycles. The first-order chi connectivity index (χ1) is 12.2. The second kappa shape index (κ2) is 10.8. The molecule has 0 bridgehead atoms. The van der Waals surface area contributed by atoms with E-state index in [0.717, 1.165) is 24.8 Å². The van der Waals surface area contributed by atoms with E-state index >= 15 is 0 Å². The summed E-state index contributed by atoms with van der Waals surface area (Å²) in [6.07, 6.45) is 2.94. The highest BCUT2D eigenvalue weighted by molar-refractivity contribution is 5.81. The fourth-order valence-corrected chi connectivity index (χ4v) is 2.84. The Labute approximate surface area is 149 Å². The second-order valence-electron chi connectivity index (χ2n) is 6.26. The van der Waals surface area contributed by atoms with Crippen molar-refractivity contribution in [1.82, 2.24) is 4.90 Å². The molecule has 6 heteroatoms. The van der Waals surface area contributed by atoms with Gasteiger partial charge in [-0.1, -0.05) is 36.8 Å². The van der Waals surface area contributed by atoms with Gasteiger partial charge >= 0.3 is 0 Å². The smallest absolute Gasteiger partial charge is 0.252 e. The zero-order valence-corrected chi connectivity index (χ0v) is 14.7. The van der Waals surface area contributed by atoms with Crippen LogP contribution in [0.3, 0.4) is 0 Å². The molecule has 0 spiro atoms. The summed E-state index contributed by atoms with van der Waals surface area (Å²) in [7, 11) is 0. The normalized spacial score (nSPS) is 15.8. The predicted octanol–water partition coefficient (Wildman–Crippen LogP) is 1.52. The van der Waals surface area contributed by atoms with Crippen molar-refractivity contribution < 1.29 is 19.1 Å². The van der Waals surface area contributed by atoms with Gasteiger partial charge in [-0.3, -0.25) is 9.59 Å². The molecule has 0 aliphatic carbocycles. The van der Waals surface area contributed by atoms with Gasteiger partial charge in [0, 0.05) is 32.5 Å². The van der Waals surface area contributed by atoms with Gasteiger partial charge in [0.25, 0.3) is 5.91 Å². The first-order valence-corrected chi connectivity index (χ1v) is 8.97. The lowest BCUT2D eigenvalue weighted by atomic mass is 10.1. The van der Waals surface area contributed by atoms with Crippen LogP contribution in [0.25, 0.3) is 0 Å². The number of unbranched alkanes of at least 4 members (excludes halogenated alkanes) is 2. The molecule has 2 amide bonds. The lowest BCUT2D eigenvalue weighted by Gasteiger charge is -2.30. The molecule has 1 saturated heterocycles. The number of amides is 2. The molecule has 25 heavy (non-hydrogen) atoms. The summed E-state index contributed by atoms with van der Waals surface area (Å²) >= 11 is 0. The number of ether oxygens (including phenoxy) is 2. The molecule has 2 N–H and O–H groups in total. The average Bonchev–Trinajstić information content (AvgIpc) is 2.64. The van der Waals surface area contributed by atoms with Gasteiger partial charge in [0.1, 0.15) is 6.10 Å². The van der Waals surface area contributed by atoms with Gasteiger partial charge in [-0.15, -0.1) is 0 Å². The van der Waals surface area contributed by atoms with Gasteiger partial charge < -0.3 is 20.1 Å². The maximum atomic E-state index is 12.8. The van der Waals surface area contributed by atoms with Crippen LogP contribution in [0, 0.1) is 0 Å². The lowest BCUT2D eigenvalue weighted by Crippen LogP contribution is -2.47. The van der Waals surface area contributed by atoms with Crippen LogP contribution in [0.15, 0.2) is 30.3 Å². The lowest BCUT2D eigenvalue weighted by molar-refractivity contribution is -0.147. The maximum Gasteiger partial charge on any atom is 0.252 e. The molecule has 1 aromatic carbocycles. The Balaban J connectivity index is 1.85. The Bertz CT molecular complexity index is 529. The molecule has 0 saturated carbocycles. The summed E-state index contributed by atoms with van der Waals surface area (Å²) in [5, 5.41) is 0. The van der Waals surface area contributed by atoms with Crippen molar-refractivity contribution in [3.8, 4) is 0 Å². The summed E-state index contributed by atoms with van der Waals surface area (Å²) in [4.78, 5) is 25.4. The summed E-state index contributed by atoms with van der Waals surface area (Å²) in [6.45, 7) is 2.90. The Kier molecular flexibility index (Phi) is 8.42. The van der Waals surface area contributed by atoms with Crippen molar-refractivity contribution in [1.29, 1.82) is 0 Å². The van der Waals surface area contributed by atoms with Gasteiger partial charge in [0.2, 0.25) is 5.91 Å². The number of nitrogens with two attached hydrogens (primary N) is 1. The first-order valence-electron chi connectivity index (χ1n) is 8.97. The zero-order chi connectivity index (χ0) is 17.9. The van der Waals surface area contributed by atoms with Crippen LogP contribution < -0.4 is 5.73 Å². The molecule has 1 heterocycles. The molecule has 138 valence electrons. The van der Waals surface area contributed by atoms with Gasteiger partial charge in [-0.2, -0.15) is 0 Å². The molecule has 1 fully saturated rings. The quantitative estimate of drug-likeness (QED) is 0.650. The van der Waals surface area contributed by atoms with Crippen molar-refractivity contribution in [2.45, 2.75) is 38.2 Å². The molecule has 0 radical (unpaired) electrons. The molecule has 1 aliphatic rings. The summed E-state index contributed by atoms with van der Waals surface area (Å²) < 4.78 is 11.2. The first kappa shape index (κ1) is 19.4. The Morgan fingerprint density at radius 1 is 1.12 bits per heavy atom. The Morgan fingerprint density at radius 2 is 1.84 bits per heavy atom. The molecular weight excluding hydrogens is 320 g/mol. The number of nitrogens with zero attached hydrogens (tertiary/aromatic N) is 1. The maximum absolute atomic E-state index is 12.8. The minimum absolute atomic E-state index is 0.0317. The number of benzene rings is 1. The minimum atomic E-state index is -0.475. The SMILES string of the molecule is NC(=O)CCCCCO[C@@H](Cc1ccccc1)C(=O)N1CCOCC1. The Hall–Kier alpha value is -1.92. The number of morpholine rings is 1. The topological polar surface area (TPSA) is 81.9 Å². The van der Waals surface area contributed by atoms with E-state index in [9.17, 15) is 9.59 Å². The fraction of sp³-hybridized carbons (Fsp3) is 0.579. The molecular formula is C19H28N2O4. The van der Waals surface area contributed by atoms with E-state index in [1.807, 2.05) is 35.2 Å². The number of hydrogen-bond acceptors (Lipinski definition) is 4. The number of carbonyl (C=O) groups excluding carboxylic acids is 2. The fourth-order valence-electron chi connectivity index (χ4n) is 2.84. The third-order valence-electron chi connectivity index (χ3n) is 4.25. The van der Waals surface area contributed by atoms with E-state index < -0.39 is 6.10 Å². The van der Waals surface area contributed by atoms with Crippen molar-refractivity contribution in [2.24, 2.45) is 5.73 Å². The third-order valence-corrected chi connectivity index (χ3v) is 4.25. The van der Waals surface area contributed by atoms with Crippen molar-refractivity contribution >= 4 is 11.8 Å². The van der Waals surface area contributed by atoms with Crippen LogP contribution in [0.5, 0.6) is 0 Å². The van der Waals surface area contributed by atoms with E-state index in [4.69, 9.17) is 15.2 Å². The third kappa shape index (κ3) is 7.23. The highest BCUT2D eigenvalue weighted by Gasteiger charge is 2.26. The molecule has 6 nitrogen and oxygen atoms in total. The predicted molar refractivity (Wildman–Crippen MR) is 94.9 cm³/mol. The summed E-state index contributed by atoms with van der Waals surface area (Å²) in [5.41, 5.74) is 6.22. The molecule has 1 atom stereocenters. The van der Waals surface area contributed by atoms with Crippen LogP contribution in [-0.4, -0.2) is 55.7 Å². The second-order valence-corrected chi connectivity index (χ2v) is 6.26. The van der Waals surface area contributed by atoms with Gasteiger partial charge in [0.05, 0.1) is 13.2 Å². The molecule has 1 aromatic rings. The average molecular weight is 348 g/mol. The van der Waals surface area contributed by atoms with E-state index in [1.165, 1.54) is 0 Å². The van der Waals surface area contributed by atoms with E-state index in [0.29, 0.717) is 45.8 Å². The van der Waals surface area contributed by atoms with Crippen LogP contribution >= 0.6 is 0 Å². The van der Waals surface area contributed by atoms with Crippen LogP contribution in [0.1, 0.15) is 31.2 Å². The zero-order valence-electron chi connectivity index (χ0n) is 14.7. The number of hydrogen-bond donors (Lipinski definition) is 1. The number of carbonyl (C=O) groups is 2. The molecule has 2 rings (SSSR count). The van der Waals surface area contributed by atoms with Gasteiger partial charge in [-0.25, -0.2) is 0 Å².